The Kier molecular flexibility index (Phi) is 8.89. The molecule has 0 amide bonds. The Balaban J connectivity index is 0.00000220. The van der Waals surface area contributed by atoms with Crippen molar-refractivity contribution in [3.63, 3.8) is 0 Å². The molecule has 5 nitrogen and oxygen atoms in total. The normalized spacial score (nSPS) is 21.5. The minimum absolute atomic E-state index is 0. The first-order valence-electron chi connectivity index (χ1n) is 8.13. The quantitative estimate of drug-likeness (QED) is 0.338. The summed E-state index contributed by atoms with van der Waals surface area (Å²) in [4.78, 5) is 7.14. The van der Waals surface area contributed by atoms with Gasteiger partial charge in [-0.05, 0) is 45.7 Å². The van der Waals surface area contributed by atoms with Gasteiger partial charge in [0, 0.05) is 25.0 Å². The van der Waals surface area contributed by atoms with Crippen molar-refractivity contribution < 1.29 is 5.11 Å². The van der Waals surface area contributed by atoms with Gasteiger partial charge in [0.15, 0.2) is 5.96 Å². The third-order valence-electron chi connectivity index (χ3n) is 4.38. The van der Waals surface area contributed by atoms with Crippen LogP contribution in [-0.2, 0) is 0 Å². The van der Waals surface area contributed by atoms with Gasteiger partial charge in [-0.25, -0.2) is 0 Å². The van der Waals surface area contributed by atoms with E-state index in [9.17, 15) is 5.11 Å². The molecule has 1 saturated heterocycles. The first-order valence-corrected chi connectivity index (χ1v) is 8.13. The van der Waals surface area contributed by atoms with E-state index >= 15 is 0 Å². The van der Waals surface area contributed by atoms with Crippen LogP contribution in [0.15, 0.2) is 4.99 Å². The first kappa shape index (κ1) is 19.0. The van der Waals surface area contributed by atoms with Crippen LogP contribution in [0, 0.1) is 5.41 Å². The highest BCUT2D eigenvalue weighted by Gasteiger charge is 2.41. The van der Waals surface area contributed by atoms with Gasteiger partial charge in [-0.2, -0.15) is 0 Å². The Morgan fingerprint density at radius 1 is 1.19 bits per heavy atom. The third-order valence-corrected chi connectivity index (χ3v) is 4.38. The van der Waals surface area contributed by atoms with Crippen molar-refractivity contribution in [3.8, 4) is 0 Å². The predicted molar refractivity (Wildman–Crippen MR) is 98.4 cm³/mol. The molecular formula is C15H31IN4O. The summed E-state index contributed by atoms with van der Waals surface area (Å²) in [7, 11) is 0. The van der Waals surface area contributed by atoms with Crippen molar-refractivity contribution >= 4 is 29.9 Å². The summed E-state index contributed by atoms with van der Waals surface area (Å²) in [6.07, 6.45) is 6.29. The average Bonchev–Trinajstić information content (AvgIpc) is 3.26. The second kappa shape index (κ2) is 9.84. The molecule has 21 heavy (non-hydrogen) atoms. The topological polar surface area (TPSA) is 59.9 Å². The van der Waals surface area contributed by atoms with Crippen LogP contribution in [0.1, 0.15) is 39.0 Å². The summed E-state index contributed by atoms with van der Waals surface area (Å²) in [5, 5.41) is 16.0. The van der Waals surface area contributed by atoms with E-state index in [-0.39, 0.29) is 36.0 Å². The maximum atomic E-state index is 9.33. The molecule has 1 saturated carbocycles. The van der Waals surface area contributed by atoms with E-state index in [2.05, 4.69) is 27.4 Å². The number of nitrogens with zero attached hydrogens (tertiary/aromatic N) is 2. The van der Waals surface area contributed by atoms with Crippen LogP contribution >= 0.6 is 24.0 Å². The van der Waals surface area contributed by atoms with Crippen molar-refractivity contribution in [1.29, 1.82) is 0 Å². The molecule has 2 fully saturated rings. The van der Waals surface area contributed by atoms with Crippen molar-refractivity contribution in [3.05, 3.63) is 0 Å². The summed E-state index contributed by atoms with van der Waals surface area (Å²) < 4.78 is 0. The summed E-state index contributed by atoms with van der Waals surface area (Å²) in [5.74, 6) is 0.893. The predicted octanol–water partition coefficient (Wildman–Crippen LogP) is 1.42. The Hall–Kier alpha value is -0.0800. The maximum Gasteiger partial charge on any atom is 0.191 e. The Morgan fingerprint density at radius 2 is 1.90 bits per heavy atom. The SMILES string of the molecule is CCNC(=NCC1(CO)CC1)NCCN1CCCCC1.I. The van der Waals surface area contributed by atoms with Crippen molar-refractivity contribution in [2.45, 2.75) is 39.0 Å². The van der Waals surface area contributed by atoms with Gasteiger partial charge in [0.2, 0.25) is 0 Å². The monoisotopic (exact) mass is 410 g/mol. The van der Waals surface area contributed by atoms with E-state index in [1.54, 1.807) is 0 Å². The largest absolute Gasteiger partial charge is 0.396 e. The lowest BCUT2D eigenvalue weighted by atomic mass is 10.1. The number of nitrogens with one attached hydrogen (secondary N) is 2. The van der Waals surface area contributed by atoms with Crippen LogP contribution in [-0.4, -0.2) is 61.8 Å². The molecule has 3 N–H and O–H groups in total. The highest BCUT2D eigenvalue weighted by molar-refractivity contribution is 14.0. The van der Waals surface area contributed by atoms with Crippen LogP contribution in [0.3, 0.4) is 0 Å². The molecule has 0 aromatic rings. The summed E-state index contributed by atoms with van der Waals surface area (Å²) in [6, 6.07) is 0. The number of halogens is 1. The molecule has 0 bridgehead atoms. The van der Waals surface area contributed by atoms with E-state index in [0.29, 0.717) is 0 Å². The highest BCUT2D eigenvalue weighted by Crippen LogP contribution is 2.45. The molecule has 124 valence electrons. The molecular weight excluding hydrogens is 379 g/mol. The number of hydrogen-bond acceptors (Lipinski definition) is 3. The zero-order valence-corrected chi connectivity index (χ0v) is 15.6. The minimum atomic E-state index is 0. The smallest absolute Gasteiger partial charge is 0.191 e. The molecule has 1 aliphatic carbocycles. The average molecular weight is 410 g/mol. The maximum absolute atomic E-state index is 9.33. The number of aliphatic hydroxyl groups is 1. The van der Waals surface area contributed by atoms with Gasteiger partial charge in [-0.1, -0.05) is 6.42 Å². The van der Waals surface area contributed by atoms with E-state index in [0.717, 1.165) is 45.0 Å². The van der Waals surface area contributed by atoms with E-state index < -0.39 is 0 Å². The summed E-state index contributed by atoms with van der Waals surface area (Å²) in [6.45, 7) is 8.48. The molecule has 0 radical (unpaired) electrons. The van der Waals surface area contributed by atoms with Crippen molar-refractivity contribution in [2.75, 3.05) is 45.9 Å². The zero-order chi connectivity index (χ0) is 14.3. The molecule has 0 spiro atoms. The number of rotatable bonds is 7. The van der Waals surface area contributed by atoms with Gasteiger partial charge >= 0.3 is 0 Å². The molecule has 0 atom stereocenters. The van der Waals surface area contributed by atoms with Crippen LogP contribution < -0.4 is 10.6 Å². The van der Waals surface area contributed by atoms with Gasteiger partial charge in [-0.3, -0.25) is 4.99 Å². The fourth-order valence-electron chi connectivity index (χ4n) is 2.65. The van der Waals surface area contributed by atoms with Crippen LogP contribution in [0.2, 0.25) is 0 Å². The third kappa shape index (κ3) is 6.69. The Morgan fingerprint density at radius 3 is 2.48 bits per heavy atom. The molecule has 0 aromatic carbocycles. The van der Waals surface area contributed by atoms with E-state index in [1.807, 2.05) is 0 Å². The minimum Gasteiger partial charge on any atom is -0.396 e. The molecule has 2 rings (SSSR count). The van der Waals surface area contributed by atoms with Gasteiger partial charge in [0.25, 0.3) is 0 Å². The zero-order valence-electron chi connectivity index (χ0n) is 13.2. The van der Waals surface area contributed by atoms with Crippen molar-refractivity contribution in [1.82, 2.24) is 15.5 Å². The van der Waals surface area contributed by atoms with E-state index in [1.165, 1.54) is 32.4 Å². The molecule has 6 heteroatoms. The van der Waals surface area contributed by atoms with Gasteiger partial charge in [-0.15, -0.1) is 24.0 Å². The lowest BCUT2D eigenvalue weighted by Gasteiger charge is -2.26. The second-order valence-electron chi connectivity index (χ2n) is 6.18. The van der Waals surface area contributed by atoms with Crippen molar-refractivity contribution in [2.24, 2.45) is 10.4 Å². The second-order valence-corrected chi connectivity index (χ2v) is 6.18. The number of aliphatic imine (C=N–C) groups is 1. The van der Waals surface area contributed by atoms with Gasteiger partial charge in [0.1, 0.15) is 0 Å². The molecule has 2 aliphatic rings. The number of guanidine groups is 1. The Bertz CT molecular complexity index is 315. The standard InChI is InChI=1S/C15H30N4O.HI/c1-2-16-14(18-12-15(13-20)6-7-15)17-8-11-19-9-4-3-5-10-19;/h20H,2-13H2,1H3,(H2,16,17,18);1H. The Labute approximate surface area is 146 Å². The number of likely N-dealkylation sites (tertiary alicyclic amines) is 1. The fourth-order valence-corrected chi connectivity index (χ4v) is 2.65. The summed E-state index contributed by atoms with van der Waals surface area (Å²) in [5.41, 5.74) is 0.0925. The van der Waals surface area contributed by atoms with Gasteiger partial charge < -0.3 is 20.6 Å². The first-order chi connectivity index (χ1) is 9.78. The number of piperidine rings is 1. The highest BCUT2D eigenvalue weighted by atomic mass is 127. The molecule has 0 unspecified atom stereocenters. The number of hydrogen-bond donors (Lipinski definition) is 3. The van der Waals surface area contributed by atoms with Gasteiger partial charge in [0.05, 0.1) is 13.2 Å². The lowest BCUT2D eigenvalue weighted by molar-refractivity contribution is 0.216. The van der Waals surface area contributed by atoms with Crippen LogP contribution in [0.25, 0.3) is 0 Å². The molecule has 1 aliphatic heterocycles. The van der Waals surface area contributed by atoms with Crippen LogP contribution in [0.4, 0.5) is 0 Å². The van der Waals surface area contributed by atoms with E-state index in [4.69, 9.17) is 0 Å². The molecule has 1 heterocycles. The number of aliphatic hydroxyl groups excluding tert-OH is 1. The van der Waals surface area contributed by atoms with Crippen LogP contribution in [0.5, 0.6) is 0 Å². The lowest BCUT2D eigenvalue weighted by Crippen LogP contribution is -2.43. The fraction of sp³-hybridized carbons (Fsp3) is 0.933. The summed E-state index contributed by atoms with van der Waals surface area (Å²) >= 11 is 0. The molecule has 0 aromatic heterocycles.